The molecular weight excluding hydrogens is 562 g/mol. The van der Waals surface area contributed by atoms with Gasteiger partial charge in [0.2, 0.25) is 18.1 Å². The van der Waals surface area contributed by atoms with E-state index in [1.165, 1.54) is 31.2 Å². The Morgan fingerprint density at radius 3 is 2.36 bits per heavy atom. The summed E-state index contributed by atoms with van der Waals surface area (Å²) in [6.07, 6.45) is -4.50. The molecule has 4 amide bonds. The van der Waals surface area contributed by atoms with Crippen molar-refractivity contribution in [2.24, 2.45) is 0 Å². The van der Waals surface area contributed by atoms with Crippen LogP contribution in [0.4, 0.5) is 5.69 Å². The van der Waals surface area contributed by atoms with E-state index >= 15 is 0 Å². The SMILES string of the molecule is CC(=O)OC/C=C/c1ccc(O[C@@H]2O[C@H](C(=O)O)[C@H](O)[C@H](O)[C@@H]2O)c(NC(=O)CCNC(=O)CN2C(=O)C=CC2=O)c1. The fraction of sp³-hybridized carbons (Fsp3) is 0.385. The number of esters is 1. The van der Waals surface area contributed by atoms with Crippen LogP contribution in [0, 0.1) is 0 Å². The van der Waals surface area contributed by atoms with Gasteiger partial charge < -0.3 is 45.3 Å². The van der Waals surface area contributed by atoms with Gasteiger partial charge in [0.05, 0.1) is 5.69 Å². The second-order valence-corrected chi connectivity index (χ2v) is 9.06. The van der Waals surface area contributed by atoms with Crippen molar-refractivity contribution in [2.75, 3.05) is 25.0 Å². The van der Waals surface area contributed by atoms with E-state index in [1.54, 1.807) is 6.08 Å². The molecule has 0 saturated carbocycles. The lowest BCUT2D eigenvalue weighted by Gasteiger charge is -2.38. The summed E-state index contributed by atoms with van der Waals surface area (Å²) >= 11 is 0. The number of hydrogen-bond donors (Lipinski definition) is 6. The molecule has 16 heteroatoms. The first kappa shape index (κ1) is 31.9. The smallest absolute Gasteiger partial charge is 0.335 e. The number of benzene rings is 1. The van der Waals surface area contributed by atoms with Crippen LogP contribution in [0.15, 0.2) is 36.4 Å². The number of nitrogens with one attached hydrogen (secondary N) is 2. The number of carbonyl (C=O) groups excluding carboxylic acids is 5. The molecule has 42 heavy (non-hydrogen) atoms. The van der Waals surface area contributed by atoms with Gasteiger partial charge in [-0.3, -0.25) is 28.9 Å². The number of carboxylic acid groups (broad SMARTS) is 1. The van der Waals surface area contributed by atoms with Gasteiger partial charge in [-0.25, -0.2) is 4.79 Å². The summed E-state index contributed by atoms with van der Waals surface area (Å²) in [4.78, 5) is 71.0. The number of aliphatic hydroxyl groups is 3. The minimum absolute atomic E-state index is 0.0172. The average molecular weight is 592 g/mol. The van der Waals surface area contributed by atoms with Crippen molar-refractivity contribution in [3.63, 3.8) is 0 Å². The maximum absolute atomic E-state index is 12.7. The van der Waals surface area contributed by atoms with Crippen molar-refractivity contribution in [1.82, 2.24) is 10.2 Å². The summed E-state index contributed by atoms with van der Waals surface area (Å²) < 4.78 is 15.6. The molecule has 5 atom stereocenters. The van der Waals surface area contributed by atoms with Gasteiger partial charge in [-0.15, -0.1) is 0 Å². The molecule has 1 saturated heterocycles. The molecule has 1 fully saturated rings. The monoisotopic (exact) mass is 591 g/mol. The van der Waals surface area contributed by atoms with E-state index in [0.29, 0.717) is 5.56 Å². The molecule has 2 aliphatic heterocycles. The molecule has 0 bridgehead atoms. The number of aliphatic hydroxyl groups excluding tert-OH is 3. The van der Waals surface area contributed by atoms with Gasteiger partial charge in [0.1, 0.15) is 37.2 Å². The van der Waals surface area contributed by atoms with Crippen molar-refractivity contribution in [2.45, 2.75) is 44.1 Å². The highest BCUT2D eigenvalue weighted by atomic mass is 16.7. The summed E-state index contributed by atoms with van der Waals surface area (Å²) in [5, 5.41) is 44.5. The third-order valence-electron chi connectivity index (χ3n) is 5.90. The topological polar surface area (TPSA) is 238 Å². The highest BCUT2D eigenvalue weighted by Crippen LogP contribution is 2.31. The Morgan fingerprint density at radius 1 is 1.02 bits per heavy atom. The Kier molecular flexibility index (Phi) is 10.9. The average Bonchev–Trinajstić information content (AvgIpc) is 3.24. The number of anilines is 1. The summed E-state index contributed by atoms with van der Waals surface area (Å²) in [6, 6.07) is 4.30. The van der Waals surface area contributed by atoms with Gasteiger partial charge in [-0.1, -0.05) is 12.1 Å². The fourth-order valence-electron chi connectivity index (χ4n) is 3.79. The lowest BCUT2D eigenvalue weighted by Crippen LogP contribution is -2.61. The third kappa shape index (κ3) is 8.43. The van der Waals surface area contributed by atoms with Crippen LogP contribution in [0.25, 0.3) is 6.08 Å². The number of nitrogens with zero attached hydrogens (tertiary/aromatic N) is 1. The van der Waals surface area contributed by atoms with Crippen molar-refractivity contribution in [3.8, 4) is 5.75 Å². The van der Waals surface area contributed by atoms with Crippen LogP contribution in [0.5, 0.6) is 5.75 Å². The Morgan fingerprint density at radius 2 is 1.71 bits per heavy atom. The number of carbonyl (C=O) groups is 6. The van der Waals surface area contributed by atoms with Gasteiger partial charge in [-0.05, 0) is 23.8 Å². The molecule has 0 unspecified atom stereocenters. The second-order valence-electron chi connectivity index (χ2n) is 9.06. The van der Waals surface area contributed by atoms with Crippen molar-refractivity contribution < 1.29 is 63.4 Å². The summed E-state index contributed by atoms with van der Waals surface area (Å²) in [5.41, 5.74) is 0.513. The number of rotatable bonds is 12. The van der Waals surface area contributed by atoms with E-state index in [2.05, 4.69) is 10.6 Å². The number of imide groups is 1. The van der Waals surface area contributed by atoms with Crippen molar-refractivity contribution in [1.29, 1.82) is 0 Å². The quantitative estimate of drug-likeness (QED) is 0.113. The molecule has 1 aromatic carbocycles. The minimum Gasteiger partial charge on any atom is -0.479 e. The predicted octanol–water partition coefficient (Wildman–Crippen LogP) is -2.10. The Bertz CT molecular complexity index is 1280. The number of aliphatic carboxylic acids is 1. The van der Waals surface area contributed by atoms with E-state index in [1.807, 2.05) is 0 Å². The van der Waals surface area contributed by atoms with E-state index in [0.717, 1.165) is 17.1 Å². The van der Waals surface area contributed by atoms with Crippen LogP contribution in [-0.2, 0) is 38.2 Å². The van der Waals surface area contributed by atoms with Crippen LogP contribution >= 0.6 is 0 Å². The van der Waals surface area contributed by atoms with Crippen LogP contribution in [0.1, 0.15) is 18.9 Å². The molecule has 2 heterocycles. The normalized spacial score (nSPS) is 23.6. The fourth-order valence-corrected chi connectivity index (χ4v) is 3.79. The van der Waals surface area contributed by atoms with E-state index < -0.39 is 72.8 Å². The highest BCUT2D eigenvalue weighted by Gasteiger charge is 2.48. The largest absolute Gasteiger partial charge is 0.479 e. The molecule has 16 nitrogen and oxygen atoms in total. The first-order valence-electron chi connectivity index (χ1n) is 12.5. The summed E-state index contributed by atoms with van der Waals surface area (Å²) in [7, 11) is 0. The van der Waals surface area contributed by atoms with Crippen molar-refractivity contribution in [3.05, 3.63) is 42.0 Å². The first-order chi connectivity index (χ1) is 19.9. The molecule has 0 radical (unpaired) electrons. The molecule has 6 N–H and O–H groups in total. The number of hydrogen-bond acceptors (Lipinski definition) is 12. The lowest BCUT2D eigenvalue weighted by molar-refractivity contribution is -0.271. The maximum Gasteiger partial charge on any atom is 0.335 e. The summed E-state index contributed by atoms with van der Waals surface area (Å²) in [5.74, 6) is -4.77. The highest BCUT2D eigenvalue weighted by molar-refractivity contribution is 6.14. The Hall–Kier alpha value is -4.64. The maximum atomic E-state index is 12.7. The van der Waals surface area contributed by atoms with Crippen LogP contribution in [0.2, 0.25) is 0 Å². The minimum atomic E-state index is -1.94. The van der Waals surface area contributed by atoms with Gasteiger partial charge >= 0.3 is 11.9 Å². The van der Waals surface area contributed by atoms with E-state index in [4.69, 9.17) is 14.2 Å². The van der Waals surface area contributed by atoms with Crippen LogP contribution in [0.3, 0.4) is 0 Å². The zero-order valence-corrected chi connectivity index (χ0v) is 22.2. The van der Waals surface area contributed by atoms with E-state index in [-0.39, 0.29) is 31.0 Å². The Balaban J connectivity index is 1.69. The standard InChI is InChI=1S/C26H29N3O13/c1-13(30)40-10-2-3-14-4-5-16(41-26-23(37)21(35)22(36)24(42-26)25(38)39)15(11-14)28-17(31)8-9-27-18(32)12-29-19(33)6-7-20(29)34/h2-7,11,21-24,26,35-37H,8-10,12H2,1H3,(H,27,32)(H,28,31)(H,38,39)/b3-2+/t21-,22+,23-,24-,26+/m0/s1. The third-order valence-corrected chi connectivity index (χ3v) is 5.90. The second kappa shape index (κ2) is 14.3. The van der Waals surface area contributed by atoms with Gasteiger partial charge in [0, 0.05) is 32.0 Å². The zero-order valence-electron chi connectivity index (χ0n) is 22.2. The van der Waals surface area contributed by atoms with E-state index in [9.17, 15) is 49.2 Å². The Labute approximate surface area is 238 Å². The number of carboxylic acids is 1. The molecule has 0 aliphatic carbocycles. The lowest BCUT2D eigenvalue weighted by atomic mass is 9.99. The zero-order chi connectivity index (χ0) is 31.0. The van der Waals surface area contributed by atoms with Crippen LogP contribution < -0.4 is 15.4 Å². The molecular formula is C26H29N3O13. The van der Waals surface area contributed by atoms with Crippen molar-refractivity contribution >= 4 is 47.3 Å². The van der Waals surface area contributed by atoms with Gasteiger partial charge in [-0.2, -0.15) is 0 Å². The number of amides is 4. The van der Waals surface area contributed by atoms with Gasteiger partial charge in [0.15, 0.2) is 6.10 Å². The molecule has 0 aromatic heterocycles. The number of ether oxygens (including phenoxy) is 3. The van der Waals surface area contributed by atoms with Crippen LogP contribution in [-0.4, -0.2) is 111 Å². The molecule has 0 spiro atoms. The molecule has 2 aliphatic rings. The molecule has 1 aromatic rings. The molecule has 226 valence electrons. The predicted molar refractivity (Wildman–Crippen MR) is 139 cm³/mol. The summed E-state index contributed by atoms with van der Waals surface area (Å²) in [6.45, 7) is 0.527. The first-order valence-corrected chi connectivity index (χ1v) is 12.5. The van der Waals surface area contributed by atoms with Gasteiger partial charge in [0.25, 0.3) is 11.8 Å². The molecule has 3 rings (SSSR count).